The Labute approximate surface area is 329 Å². The predicted octanol–water partition coefficient (Wildman–Crippen LogP) is 15.3. The Balaban J connectivity index is 1.07. The van der Waals surface area contributed by atoms with Gasteiger partial charge >= 0.3 is 0 Å². The van der Waals surface area contributed by atoms with Gasteiger partial charge in [-0.05, 0) is 100 Å². The molecular weight excluding hydrogens is 683 g/mol. The van der Waals surface area contributed by atoms with Crippen LogP contribution in [0, 0.1) is 6.92 Å². The second-order valence-corrected chi connectivity index (χ2v) is 15.4. The third-order valence-electron chi connectivity index (χ3n) is 10.8. The van der Waals surface area contributed by atoms with Crippen molar-refractivity contribution < 1.29 is 0 Å². The van der Waals surface area contributed by atoms with E-state index in [1.54, 1.807) is 0 Å². The highest BCUT2D eigenvalue weighted by molar-refractivity contribution is 7.26. The lowest BCUT2D eigenvalue weighted by atomic mass is 9.84. The van der Waals surface area contributed by atoms with Crippen molar-refractivity contribution in [3.63, 3.8) is 0 Å². The van der Waals surface area contributed by atoms with Crippen molar-refractivity contribution in [1.29, 1.82) is 0 Å². The molecule has 0 fully saturated rings. The van der Waals surface area contributed by atoms with Crippen molar-refractivity contribution in [2.45, 2.75) is 39.5 Å². The van der Waals surface area contributed by atoms with Crippen LogP contribution in [-0.2, 0) is 6.42 Å². The Kier molecular flexibility index (Phi) is 10.5. The Hall–Kier alpha value is -6.09. The summed E-state index contributed by atoms with van der Waals surface area (Å²) in [7, 11) is 0. The summed E-state index contributed by atoms with van der Waals surface area (Å²) in [5.41, 5.74) is 15.6. The molecule has 0 spiro atoms. The van der Waals surface area contributed by atoms with Crippen LogP contribution in [0.4, 0.5) is 0 Å². The number of thiophene rings is 1. The van der Waals surface area contributed by atoms with Crippen LogP contribution in [0.1, 0.15) is 48.4 Å². The molecule has 0 aliphatic rings. The Morgan fingerprint density at radius 2 is 1.36 bits per heavy atom. The highest BCUT2D eigenvalue weighted by Crippen LogP contribution is 2.41. The molecule has 8 aromatic rings. The highest BCUT2D eigenvalue weighted by atomic mass is 32.1. The van der Waals surface area contributed by atoms with Crippen LogP contribution < -0.4 is 0 Å². The first-order chi connectivity index (χ1) is 27.0. The summed E-state index contributed by atoms with van der Waals surface area (Å²) in [6.45, 7) is 10.8. The fraction of sp³-hybridized carbons (Fsp3) is 0.113. The molecule has 0 aliphatic carbocycles. The predicted molar refractivity (Wildman–Crippen MR) is 240 cm³/mol. The summed E-state index contributed by atoms with van der Waals surface area (Å²) < 4.78 is 2.68. The zero-order valence-electron chi connectivity index (χ0n) is 31.8. The maximum atomic E-state index is 5.30. The topological polar surface area (TPSA) is 12.9 Å². The molecule has 0 radical (unpaired) electrons. The average molecular weight is 728 g/mol. The van der Waals surface area contributed by atoms with Crippen molar-refractivity contribution in [2.24, 2.45) is 0 Å². The lowest BCUT2D eigenvalue weighted by Gasteiger charge is -2.21. The first-order valence-electron chi connectivity index (χ1n) is 19.3. The maximum Gasteiger partial charge on any atom is 0.0712 e. The number of hydrogen-bond donors (Lipinski definition) is 0. The molecule has 0 saturated carbocycles. The second-order valence-electron chi connectivity index (χ2n) is 14.3. The van der Waals surface area contributed by atoms with E-state index in [9.17, 15) is 0 Å². The molecule has 1 atom stereocenters. The van der Waals surface area contributed by atoms with E-state index >= 15 is 0 Å². The van der Waals surface area contributed by atoms with Crippen molar-refractivity contribution in [3.8, 4) is 44.8 Å². The normalized spacial score (nSPS) is 12.5. The number of fused-ring (bicyclic) bond motifs is 3. The smallest absolute Gasteiger partial charge is 0.0712 e. The van der Waals surface area contributed by atoms with Crippen molar-refractivity contribution in [3.05, 3.63) is 205 Å². The van der Waals surface area contributed by atoms with Crippen LogP contribution in [0.3, 0.4) is 0 Å². The van der Waals surface area contributed by atoms with Gasteiger partial charge in [-0.25, -0.2) is 4.98 Å². The van der Waals surface area contributed by atoms with Crippen LogP contribution >= 0.6 is 11.3 Å². The number of benzene rings is 6. The van der Waals surface area contributed by atoms with Gasteiger partial charge < -0.3 is 0 Å². The Bertz CT molecular complexity index is 2720. The van der Waals surface area contributed by atoms with Gasteiger partial charge in [0.2, 0.25) is 0 Å². The molecule has 1 nitrogen and oxygen atoms in total. The highest BCUT2D eigenvalue weighted by Gasteiger charge is 2.19. The number of hydrogen-bond acceptors (Lipinski definition) is 2. The zero-order valence-corrected chi connectivity index (χ0v) is 32.6. The molecule has 2 heterocycles. The first-order valence-corrected chi connectivity index (χ1v) is 20.1. The van der Waals surface area contributed by atoms with E-state index in [0.717, 1.165) is 40.9 Å². The van der Waals surface area contributed by atoms with Crippen molar-refractivity contribution in [2.75, 3.05) is 0 Å². The Morgan fingerprint density at radius 1 is 0.673 bits per heavy atom. The summed E-state index contributed by atoms with van der Waals surface area (Å²) in [4.78, 5) is 5.30. The summed E-state index contributed by atoms with van der Waals surface area (Å²) in [6.07, 6.45) is 10.3. The van der Waals surface area contributed by atoms with Gasteiger partial charge in [0.1, 0.15) is 0 Å². The number of allylic oxidation sites excluding steroid dienone is 5. The fourth-order valence-corrected chi connectivity index (χ4v) is 9.01. The second kappa shape index (κ2) is 16.1. The molecule has 2 heteroatoms. The van der Waals surface area contributed by atoms with E-state index in [0.29, 0.717) is 5.92 Å². The van der Waals surface area contributed by atoms with Crippen LogP contribution in [0.15, 0.2) is 183 Å². The van der Waals surface area contributed by atoms with Gasteiger partial charge in [-0.3, -0.25) is 0 Å². The van der Waals surface area contributed by atoms with Gasteiger partial charge in [0.15, 0.2) is 0 Å². The minimum absolute atomic E-state index is 0.386. The van der Waals surface area contributed by atoms with Gasteiger partial charge in [0.05, 0.1) is 11.4 Å². The third-order valence-corrected chi connectivity index (χ3v) is 12.0. The van der Waals surface area contributed by atoms with Crippen LogP contribution in [-0.4, -0.2) is 4.98 Å². The molecule has 1 unspecified atom stereocenters. The average Bonchev–Trinajstić information content (AvgIpc) is 3.62. The molecule has 6 aromatic carbocycles. The summed E-state index contributed by atoms with van der Waals surface area (Å²) in [6, 6.07) is 54.9. The van der Waals surface area contributed by atoms with E-state index in [-0.39, 0.29) is 0 Å². The molecule has 8 rings (SSSR count). The molecule has 2 aromatic heterocycles. The fourth-order valence-electron chi connectivity index (χ4n) is 7.77. The number of nitrogens with zero attached hydrogens (tertiary/aromatic N) is 1. The number of aryl methyl sites for hydroxylation is 1. The number of aromatic nitrogens is 1. The first kappa shape index (κ1) is 35.9. The molecule has 0 aliphatic heterocycles. The van der Waals surface area contributed by atoms with Crippen LogP contribution in [0.2, 0.25) is 0 Å². The molecule has 0 amide bonds. The van der Waals surface area contributed by atoms with Gasteiger partial charge in [0.25, 0.3) is 0 Å². The van der Waals surface area contributed by atoms with E-state index < -0.39 is 0 Å². The number of pyridine rings is 1. The SMILES string of the molecule is C=C/C=C(\C=C/Cc1cccc(-c2cccc3c2sc2ccccc23)c1)c1cccc(-c2cccc(-c3cccc(-c4ccccc4C)c3C(C)CC)n2)c1. The van der Waals surface area contributed by atoms with E-state index in [1.807, 2.05) is 17.4 Å². The quantitative estimate of drug-likeness (QED) is 0.121. The number of rotatable bonds is 11. The standard InChI is InChI=1S/C53H45NS/c1-5-17-39(21-11-19-38-20-12-23-41(34-38)44-27-14-29-47-45-26-9-10-33-51(45)55-53(44)47)40-22-13-24-42(35-40)49-31-16-32-50(54-49)48-30-15-28-46(52(48)36(3)6-2)43-25-8-7-18-37(43)4/h5,7-18,20-36H,1,6,19H2,2-4H3/b21-11-,39-17+. The van der Waals surface area contributed by atoms with Gasteiger partial charge in [-0.15, -0.1) is 11.3 Å². The largest absolute Gasteiger partial charge is 0.248 e. The third kappa shape index (κ3) is 7.39. The summed E-state index contributed by atoms with van der Waals surface area (Å²) in [5.74, 6) is 0.386. The molecule has 55 heavy (non-hydrogen) atoms. The van der Waals surface area contributed by atoms with Gasteiger partial charge in [-0.2, -0.15) is 0 Å². The molecule has 0 bridgehead atoms. The van der Waals surface area contributed by atoms with Crippen LogP contribution in [0.5, 0.6) is 0 Å². The zero-order chi connectivity index (χ0) is 37.7. The molecule has 0 N–H and O–H groups in total. The minimum atomic E-state index is 0.386. The maximum absolute atomic E-state index is 5.30. The van der Waals surface area contributed by atoms with Crippen molar-refractivity contribution >= 4 is 37.1 Å². The Morgan fingerprint density at radius 3 is 2.24 bits per heavy atom. The summed E-state index contributed by atoms with van der Waals surface area (Å²) >= 11 is 1.88. The van der Waals surface area contributed by atoms with Crippen molar-refractivity contribution in [1.82, 2.24) is 4.98 Å². The molecular formula is C53H45NS. The molecule has 268 valence electrons. The van der Waals surface area contributed by atoms with E-state index in [2.05, 4.69) is 197 Å². The van der Waals surface area contributed by atoms with E-state index in [4.69, 9.17) is 4.98 Å². The summed E-state index contributed by atoms with van der Waals surface area (Å²) in [5, 5.41) is 2.66. The van der Waals surface area contributed by atoms with Gasteiger partial charge in [0, 0.05) is 31.3 Å². The van der Waals surface area contributed by atoms with E-state index in [1.165, 1.54) is 64.7 Å². The molecule has 0 saturated heterocycles. The van der Waals surface area contributed by atoms with Gasteiger partial charge in [-0.1, -0.05) is 172 Å². The minimum Gasteiger partial charge on any atom is -0.248 e. The lowest BCUT2D eigenvalue weighted by Crippen LogP contribution is -2.01. The lowest BCUT2D eigenvalue weighted by molar-refractivity contribution is 0.736. The van der Waals surface area contributed by atoms with Crippen LogP contribution in [0.25, 0.3) is 70.5 Å². The monoisotopic (exact) mass is 727 g/mol.